The van der Waals surface area contributed by atoms with E-state index in [-0.39, 0.29) is 11.9 Å². The number of carbonyl (C=O) groups is 1. The van der Waals surface area contributed by atoms with Gasteiger partial charge in [0.25, 0.3) is 0 Å². The largest absolute Gasteiger partial charge is 0.374 e. The number of hydrogen-bond donors (Lipinski definition) is 2. The Morgan fingerprint density at radius 2 is 1.70 bits per heavy atom. The second kappa shape index (κ2) is 7.32. The highest BCUT2D eigenvalue weighted by Gasteiger charge is 2.16. The van der Waals surface area contributed by atoms with Crippen molar-refractivity contribution in [2.24, 2.45) is 0 Å². The summed E-state index contributed by atoms with van der Waals surface area (Å²) in [6.45, 7) is 10.1. The molecule has 0 saturated heterocycles. The van der Waals surface area contributed by atoms with Crippen molar-refractivity contribution in [1.29, 1.82) is 0 Å². The SMILES string of the molecule is CCc1ccccc1N[C@H](C)C(=O)Nc1c(C)cc(C)cc1C. The Balaban J connectivity index is 2.12. The number of nitrogens with one attached hydrogen (secondary N) is 2. The molecular formula is C20H26N2O. The number of benzene rings is 2. The lowest BCUT2D eigenvalue weighted by molar-refractivity contribution is -0.116. The van der Waals surface area contributed by atoms with Gasteiger partial charge in [-0.05, 0) is 56.9 Å². The van der Waals surface area contributed by atoms with E-state index in [1.54, 1.807) is 0 Å². The molecule has 0 fully saturated rings. The molecule has 0 aromatic heterocycles. The predicted octanol–water partition coefficient (Wildman–Crippen LogP) is 4.61. The van der Waals surface area contributed by atoms with Crippen LogP contribution in [0.4, 0.5) is 11.4 Å². The van der Waals surface area contributed by atoms with Gasteiger partial charge in [-0.25, -0.2) is 0 Å². The monoisotopic (exact) mass is 310 g/mol. The van der Waals surface area contributed by atoms with Gasteiger partial charge >= 0.3 is 0 Å². The Morgan fingerprint density at radius 3 is 2.30 bits per heavy atom. The molecule has 0 aliphatic heterocycles. The van der Waals surface area contributed by atoms with Crippen LogP contribution in [0.25, 0.3) is 0 Å². The first-order valence-electron chi connectivity index (χ1n) is 8.15. The van der Waals surface area contributed by atoms with Gasteiger partial charge in [0, 0.05) is 11.4 Å². The van der Waals surface area contributed by atoms with Crippen molar-refractivity contribution in [2.75, 3.05) is 10.6 Å². The number of anilines is 2. The van der Waals surface area contributed by atoms with Crippen LogP contribution in [0.15, 0.2) is 36.4 Å². The van der Waals surface area contributed by atoms with Crippen molar-refractivity contribution in [2.45, 2.75) is 47.1 Å². The summed E-state index contributed by atoms with van der Waals surface area (Å²) in [5.74, 6) is -0.0223. The van der Waals surface area contributed by atoms with E-state index in [1.807, 2.05) is 39.0 Å². The zero-order chi connectivity index (χ0) is 17.0. The highest BCUT2D eigenvalue weighted by molar-refractivity contribution is 5.97. The molecule has 3 heteroatoms. The van der Waals surface area contributed by atoms with E-state index in [0.29, 0.717) is 0 Å². The van der Waals surface area contributed by atoms with Crippen LogP contribution in [0.1, 0.15) is 36.1 Å². The number of hydrogen-bond acceptors (Lipinski definition) is 2. The maximum atomic E-state index is 12.5. The molecule has 122 valence electrons. The van der Waals surface area contributed by atoms with E-state index in [9.17, 15) is 4.79 Å². The average molecular weight is 310 g/mol. The highest BCUT2D eigenvalue weighted by atomic mass is 16.2. The lowest BCUT2D eigenvalue weighted by atomic mass is 10.0. The summed E-state index contributed by atoms with van der Waals surface area (Å²) >= 11 is 0. The Morgan fingerprint density at radius 1 is 1.09 bits per heavy atom. The molecule has 2 N–H and O–H groups in total. The van der Waals surface area contributed by atoms with Crippen molar-refractivity contribution in [1.82, 2.24) is 0 Å². The minimum absolute atomic E-state index is 0.0223. The standard InChI is InChI=1S/C20H26N2O/c1-6-17-9-7-8-10-18(17)21-16(5)20(23)22-19-14(3)11-13(2)12-15(19)4/h7-12,16,21H,6H2,1-5H3,(H,22,23)/t16-/m1/s1. The first-order chi connectivity index (χ1) is 10.9. The molecule has 1 atom stereocenters. The summed E-state index contributed by atoms with van der Waals surface area (Å²) in [5.41, 5.74) is 6.55. The van der Waals surface area contributed by atoms with Crippen LogP contribution in [0.2, 0.25) is 0 Å². The van der Waals surface area contributed by atoms with Gasteiger partial charge in [0.2, 0.25) is 5.91 Å². The molecular weight excluding hydrogens is 284 g/mol. The maximum Gasteiger partial charge on any atom is 0.246 e. The smallest absolute Gasteiger partial charge is 0.246 e. The quantitative estimate of drug-likeness (QED) is 0.846. The average Bonchev–Trinajstić information content (AvgIpc) is 2.51. The lowest BCUT2D eigenvalue weighted by Crippen LogP contribution is -2.32. The van der Waals surface area contributed by atoms with Crippen LogP contribution in [0.5, 0.6) is 0 Å². The van der Waals surface area contributed by atoms with Crippen LogP contribution in [-0.4, -0.2) is 11.9 Å². The predicted molar refractivity (Wildman–Crippen MR) is 98.2 cm³/mol. The van der Waals surface area contributed by atoms with E-state index in [2.05, 4.69) is 42.7 Å². The van der Waals surface area contributed by atoms with Gasteiger partial charge in [-0.2, -0.15) is 0 Å². The Kier molecular flexibility index (Phi) is 5.43. The zero-order valence-electron chi connectivity index (χ0n) is 14.7. The summed E-state index contributed by atoms with van der Waals surface area (Å²) in [4.78, 5) is 12.5. The molecule has 3 nitrogen and oxygen atoms in total. The molecule has 2 rings (SSSR count). The Labute approximate surface area is 139 Å². The second-order valence-electron chi connectivity index (χ2n) is 6.14. The minimum atomic E-state index is -0.303. The maximum absolute atomic E-state index is 12.5. The highest BCUT2D eigenvalue weighted by Crippen LogP contribution is 2.23. The van der Waals surface area contributed by atoms with Crippen LogP contribution in [0.3, 0.4) is 0 Å². The van der Waals surface area contributed by atoms with Gasteiger partial charge in [0.1, 0.15) is 6.04 Å². The van der Waals surface area contributed by atoms with Crippen molar-refractivity contribution < 1.29 is 4.79 Å². The zero-order valence-corrected chi connectivity index (χ0v) is 14.7. The molecule has 1 amide bonds. The van der Waals surface area contributed by atoms with Crippen molar-refractivity contribution in [3.63, 3.8) is 0 Å². The van der Waals surface area contributed by atoms with Crippen molar-refractivity contribution in [3.05, 3.63) is 58.7 Å². The van der Waals surface area contributed by atoms with E-state index in [1.165, 1.54) is 11.1 Å². The minimum Gasteiger partial charge on any atom is -0.374 e. The third-order valence-corrected chi connectivity index (χ3v) is 4.09. The summed E-state index contributed by atoms with van der Waals surface area (Å²) in [6, 6.07) is 12.0. The molecule has 0 radical (unpaired) electrons. The number of amides is 1. The van der Waals surface area contributed by atoms with Crippen LogP contribution in [0, 0.1) is 20.8 Å². The third kappa shape index (κ3) is 4.13. The third-order valence-electron chi connectivity index (χ3n) is 4.09. The van der Waals surface area contributed by atoms with Crippen LogP contribution < -0.4 is 10.6 Å². The topological polar surface area (TPSA) is 41.1 Å². The molecule has 0 saturated carbocycles. The molecule has 0 heterocycles. The van der Waals surface area contributed by atoms with Crippen molar-refractivity contribution in [3.8, 4) is 0 Å². The first-order valence-corrected chi connectivity index (χ1v) is 8.15. The van der Waals surface area contributed by atoms with Crippen molar-refractivity contribution >= 4 is 17.3 Å². The van der Waals surface area contributed by atoms with Crippen LogP contribution in [-0.2, 0) is 11.2 Å². The molecule has 0 aliphatic carbocycles. The second-order valence-corrected chi connectivity index (χ2v) is 6.14. The van der Waals surface area contributed by atoms with E-state index < -0.39 is 0 Å². The molecule has 0 aliphatic rings. The fourth-order valence-electron chi connectivity index (χ4n) is 2.88. The summed E-state index contributed by atoms with van der Waals surface area (Å²) in [6.07, 6.45) is 0.938. The van der Waals surface area contributed by atoms with Gasteiger partial charge in [-0.15, -0.1) is 0 Å². The van der Waals surface area contributed by atoms with E-state index in [0.717, 1.165) is 28.9 Å². The van der Waals surface area contributed by atoms with Gasteiger partial charge < -0.3 is 10.6 Å². The molecule has 0 unspecified atom stereocenters. The summed E-state index contributed by atoms with van der Waals surface area (Å²) in [7, 11) is 0. The Bertz CT molecular complexity index is 684. The number of rotatable bonds is 5. The fraction of sp³-hybridized carbons (Fsp3) is 0.350. The summed E-state index contributed by atoms with van der Waals surface area (Å²) < 4.78 is 0. The molecule has 0 bridgehead atoms. The Hall–Kier alpha value is -2.29. The lowest BCUT2D eigenvalue weighted by Gasteiger charge is -2.19. The van der Waals surface area contributed by atoms with Gasteiger partial charge in [-0.1, -0.05) is 42.8 Å². The van der Waals surface area contributed by atoms with Crippen LogP contribution >= 0.6 is 0 Å². The van der Waals surface area contributed by atoms with E-state index in [4.69, 9.17) is 0 Å². The van der Waals surface area contributed by atoms with Gasteiger partial charge in [0.15, 0.2) is 0 Å². The fourth-order valence-corrected chi connectivity index (χ4v) is 2.88. The van der Waals surface area contributed by atoms with Gasteiger partial charge in [-0.3, -0.25) is 4.79 Å². The number of para-hydroxylation sites is 1. The molecule has 23 heavy (non-hydrogen) atoms. The number of aryl methyl sites for hydroxylation is 4. The summed E-state index contributed by atoms with van der Waals surface area (Å²) in [5, 5.41) is 6.38. The molecule has 2 aromatic carbocycles. The molecule has 2 aromatic rings. The first kappa shape index (κ1) is 17.1. The van der Waals surface area contributed by atoms with E-state index >= 15 is 0 Å². The molecule has 0 spiro atoms. The number of carbonyl (C=O) groups excluding carboxylic acids is 1. The normalized spacial score (nSPS) is 11.9. The van der Waals surface area contributed by atoms with Gasteiger partial charge in [0.05, 0.1) is 0 Å².